The minimum Gasteiger partial charge on any atom is -0.306 e. The van der Waals surface area contributed by atoms with Crippen molar-refractivity contribution in [2.45, 2.75) is 25.7 Å². The summed E-state index contributed by atoms with van der Waals surface area (Å²) in [5.41, 5.74) is 5.72. The molecule has 0 spiro atoms. The minimum atomic E-state index is -3.76. The van der Waals surface area contributed by atoms with Crippen molar-refractivity contribution in [2.24, 2.45) is 0 Å². The molecule has 0 fully saturated rings. The molecular weight excluding hydrogens is 406 g/mol. The predicted molar refractivity (Wildman–Crippen MR) is 117 cm³/mol. The van der Waals surface area contributed by atoms with Crippen LogP contribution < -0.4 is 4.72 Å². The molecule has 0 saturated carbocycles. The highest BCUT2D eigenvalue weighted by Gasteiger charge is 2.17. The van der Waals surface area contributed by atoms with Crippen molar-refractivity contribution in [3.63, 3.8) is 0 Å². The number of aryl methyl sites for hydroxylation is 3. The zero-order valence-corrected chi connectivity index (χ0v) is 17.8. The van der Waals surface area contributed by atoms with Crippen molar-refractivity contribution in [1.82, 2.24) is 9.38 Å². The largest absolute Gasteiger partial charge is 0.306 e. The van der Waals surface area contributed by atoms with Gasteiger partial charge in [0.15, 0.2) is 0 Å². The van der Waals surface area contributed by atoms with Gasteiger partial charge in [0.05, 0.1) is 16.3 Å². The van der Waals surface area contributed by atoms with Crippen molar-refractivity contribution in [2.75, 3.05) is 4.72 Å². The Labute approximate surface area is 175 Å². The highest BCUT2D eigenvalue weighted by molar-refractivity contribution is 7.92. The fourth-order valence-corrected chi connectivity index (χ4v) is 4.45. The Balaban J connectivity index is 1.71. The summed E-state index contributed by atoms with van der Waals surface area (Å²) < 4.78 is 30.3. The smallest absolute Gasteiger partial charge is 0.261 e. The number of benzene rings is 2. The molecule has 4 aromatic rings. The lowest BCUT2D eigenvalue weighted by atomic mass is 10.1. The van der Waals surface area contributed by atoms with Crippen LogP contribution in [0.5, 0.6) is 0 Å². The van der Waals surface area contributed by atoms with E-state index in [2.05, 4.69) is 9.71 Å². The molecule has 0 atom stereocenters. The van der Waals surface area contributed by atoms with Gasteiger partial charge in [-0.25, -0.2) is 13.4 Å². The van der Waals surface area contributed by atoms with Gasteiger partial charge in [0.1, 0.15) is 5.65 Å². The summed E-state index contributed by atoms with van der Waals surface area (Å²) in [6, 6.07) is 14.3. The van der Waals surface area contributed by atoms with Gasteiger partial charge in [-0.1, -0.05) is 29.8 Å². The number of hydrogen-bond acceptors (Lipinski definition) is 3. The van der Waals surface area contributed by atoms with E-state index in [0.29, 0.717) is 10.7 Å². The predicted octanol–water partition coefficient (Wildman–Crippen LogP) is 5.38. The highest BCUT2D eigenvalue weighted by Crippen LogP contribution is 2.28. The first-order chi connectivity index (χ1) is 13.7. The third-order valence-electron chi connectivity index (χ3n) is 4.85. The third kappa shape index (κ3) is 3.86. The van der Waals surface area contributed by atoms with E-state index in [-0.39, 0.29) is 4.90 Å². The number of sulfonamides is 1. The van der Waals surface area contributed by atoms with Crippen molar-refractivity contribution in [3.05, 3.63) is 82.6 Å². The number of imidazole rings is 1. The second-order valence-electron chi connectivity index (χ2n) is 7.14. The molecule has 0 aliphatic heterocycles. The third-order valence-corrected chi connectivity index (χ3v) is 6.62. The molecule has 2 heterocycles. The number of pyridine rings is 1. The fourth-order valence-electron chi connectivity index (χ4n) is 3.06. The topological polar surface area (TPSA) is 63.5 Å². The molecule has 4 rings (SSSR count). The molecular formula is C22H20ClN3O2S. The molecule has 0 amide bonds. The van der Waals surface area contributed by atoms with Crippen molar-refractivity contribution < 1.29 is 8.42 Å². The summed E-state index contributed by atoms with van der Waals surface area (Å²) >= 11 is 6.11. The van der Waals surface area contributed by atoms with E-state index in [0.717, 1.165) is 33.6 Å². The lowest BCUT2D eigenvalue weighted by Crippen LogP contribution is -2.14. The lowest BCUT2D eigenvalue weighted by molar-refractivity contribution is 0.601. The number of fused-ring (bicyclic) bond motifs is 1. The van der Waals surface area contributed by atoms with E-state index >= 15 is 0 Å². The van der Waals surface area contributed by atoms with E-state index in [1.165, 1.54) is 6.07 Å². The van der Waals surface area contributed by atoms with Crippen LogP contribution in [0, 0.1) is 20.8 Å². The first kappa shape index (κ1) is 19.5. The average molecular weight is 426 g/mol. The zero-order valence-electron chi connectivity index (χ0n) is 16.3. The number of rotatable bonds is 4. The number of nitrogens with one attached hydrogen (secondary N) is 1. The summed E-state index contributed by atoms with van der Waals surface area (Å²) in [7, 11) is -3.76. The van der Waals surface area contributed by atoms with Crippen molar-refractivity contribution in [3.8, 4) is 11.3 Å². The SMILES string of the molecule is Cc1ccn2cc(-c3ccc(C)c(NS(=O)(=O)c4ccc(C)c(Cl)c4)c3)nc2c1. The van der Waals surface area contributed by atoms with Gasteiger partial charge < -0.3 is 4.40 Å². The number of halogens is 1. The van der Waals surface area contributed by atoms with Gasteiger partial charge in [-0.3, -0.25) is 4.72 Å². The van der Waals surface area contributed by atoms with Gasteiger partial charge in [0.2, 0.25) is 0 Å². The molecule has 2 aromatic carbocycles. The molecule has 2 aromatic heterocycles. The summed E-state index contributed by atoms with van der Waals surface area (Å²) in [5.74, 6) is 0. The van der Waals surface area contributed by atoms with Gasteiger partial charge in [-0.05, 0) is 67.8 Å². The Kier molecular flexibility index (Phi) is 4.84. The van der Waals surface area contributed by atoms with Crippen LogP contribution in [0.25, 0.3) is 16.9 Å². The molecule has 0 saturated heterocycles. The Hall–Kier alpha value is -2.83. The first-order valence-electron chi connectivity index (χ1n) is 9.08. The van der Waals surface area contributed by atoms with Gasteiger partial charge in [-0.2, -0.15) is 0 Å². The summed E-state index contributed by atoms with van der Waals surface area (Å²) in [6.45, 7) is 5.71. The molecule has 29 heavy (non-hydrogen) atoms. The normalized spacial score (nSPS) is 11.7. The van der Waals surface area contributed by atoms with Crippen LogP contribution in [-0.4, -0.2) is 17.8 Å². The monoisotopic (exact) mass is 425 g/mol. The number of hydrogen-bond donors (Lipinski definition) is 1. The summed E-state index contributed by atoms with van der Waals surface area (Å²) in [6.07, 6.45) is 3.89. The van der Waals surface area contributed by atoms with Crippen LogP contribution in [0.2, 0.25) is 5.02 Å². The average Bonchev–Trinajstić information content (AvgIpc) is 3.08. The molecule has 148 valence electrons. The second-order valence-corrected chi connectivity index (χ2v) is 9.23. The van der Waals surface area contributed by atoms with Gasteiger partial charge in [-0.15, -0.1) is 0 Å². The van der Waals surface area contributed by atoms with Gasteiger partial charge in [0, 0.05) is 23.0 Å². The number of nitrogens with zero attached hydrogens (tertiary/aromatic N) is 2. The van der Waals surface area contributed by atoms with Crippen LogP contribution >= 0.6 is 11.6 Å². The summed E-state index contributed by atoms with van der Waals surface area (Å²) in [5, 5.41) is 0.415. The molecule has 0 unspecified atom stereocenters. The standard InChI is InChI=1S/C22H20ClN3O2S/c1-14-8-9-26-13-21(24-22(26)10-14)17-6-4-16(3)20(11-17)25-29(27,28)18-7-5-15(2)19(23)12-18/h4-13,25H,1-3H3. The number of aromatic nitrogens is 2. The molecule has 0 radical (unpaired) electrons. The Bertz CT molecular complexity index is 1340. The van der Waals surface area contributed by atoms with Gasteiger partial charge >= 0.3 is 0 Å². The maximum absolute atomic E-state index is 12.9. The molecule has 5 nitrogen and oxygen atoms in total. The molecule has 0 aliphatic rings. The first-order valence-corrected chi connectivity index (χ1v) is 10.9. The highest BCUT2D eigenvalue weighted by atomic mass is 35.5. The van der Waals surface area contributed by atoms with E-state index in [4.69, 9.17) is 11.6 Å². The van der Waals surface area contributed by atoms with E-state index in [1.54, 1.807) is 18.2 Å². The molecule has 0 aliphatic carbocycles. The van der Waals surface area contributed by atoms with Gasteiger partial charge in [0.25, 0.3) is 10.0 Å². The zero-order chi connectivity index (χ0) is 20.8. The Morgan fingerprint density at radius 2 is 1.72 bits per heavy atom. The van der Waals surface area contributed by atoms with Crippen LogP contribution in [0.15, 0.2) is 65.8 Å². The Morgan fingerprint density at radius 3 is 2.48 bits per heavy atom. The van der Waals surface area contributed by atoms with E-state index in [9.17, 15) is 8.42 Å². The molecule has 1 N–H and O–H groups in total. The maximum atomic E-state index is 12.9. The second kappa shape index (κ2) is 7.21. The van der Waals surface area contributed by atoms with E-state index < -0.39 is 10.0 Å². The quantitative estimate of drug-likeness (QED) is 0.477. The molecule has 0 bridgehead atoms. The van der Waals surface area contributed by atoms with Crippen LogP contribution in [0.1, 0.15) is 16.7 Å². The van der Waals surface area contributed by atoms with Crippen LogP contribution in [0.4, 0.5) is 5.69 Å². The maximum Gasteiger partial charge on any atom is 0.261 e. The minimum absolute atomic E-state index is 0.126. The molecule has 7 heteroatoms. The van der Waals surface area contributed by atoms with Crippen molar-refractivity contribution in [1.29, 1.82) is 0 Å². The number of anilines is 1. The Morgan fingerprint density at radius 1 is 0.966 bits per heavy atom. The van der Waals surface area contributed by atoms with Crippen LogP contribution in [0.3, 0.4) is 0 Å². The summed E-state index contributed by atoms with van der Waals surface area (Å²) in [4.78, 5) is 4.78. The fraction of sp³-hybridized carbons (Fsp3) is 0.136. The van der Waals surface area contributed by atoms with Crippen molar-refractivity contribution >= 4 is 33.0 Å². The lowest BCUT2D eigenvalue weighted by Gasteiger charge is -2.12. The van der Waals surface area contributed by atoms with Crippen LogP contribution in [-0.2, 0) is 10.0 Å². The van der Waals surface area contributed by atoms with E-state index in [1.807, 2.05) is 61.8 Å².